The van der Waals surface area contributed by atoms with Gasteiger partial charge >= 0.3 is 0 Å². The first-order chi connectivity index (χ1) is 10.1. The van der Waals surface area contributed by atoms with Crippen LogP contribution in [0.4, 0.5) is 0 Å². The molecule has 2 heterocycles. The number of nitrogens with zero attached hydrogens (tertiary/aromatic N) is 2. The molecule has 0 aromatic carbocycles. The van der Waals surface area contributed by atoms with Gasteiger partial charge in [0.1, 0.15) is 16.6 Å². The highest BCUT2D eigenvalue weighted by molar-refractivity contribution is 7.09. The Hall–Kier alpha value is -1.43. The summed E-state index contributed by atoms with van der Waals surface area (Å²) < 4.78 is 0. The second-order valence-corrected chi connectivity index (χ2v) is 7.59. The van der Waals surface area contributed by atoms with Crippen LogP contribution in [0.3, 0.4) is 0 Å². The summed E-state index contributed by atoms with van der Waals surface area (Å²) in [6.45, 7) is 2.36. The molecule has 1 saturated heterocycles. The fraction of sp³-hybridized carbons (Fsp3) is 0.667. The van der Waals surface area contributed by atoms with Gasteiger partial charge in [-0.15, -0.1) is 11.3 Å². The number of hydrogen-bond acceptors (Lipinski definition) is 4. The van der Waals surface area contributed by atoms with Gasteiger partial charge in [0.15, 0.2) is 0 Å². The molecular weight excluding hydrogens is 286 g/mol. The maximum atomic E-state index is 13.0. The number of aromatic nitrogens is 1. The van der Waals surface area contributed by atoms with Crippen LogP contribution in [0.1, 0.15) is 37.6 Å². The van der Waals surface area contributed by atoms with E-state index in [4.69, 9.17) is 0 Å². The molecule has 5 nitrogen and oxygen atoms in total. The van der Waals surface area contributed by atoms with Crippen LogP contribution in [0.5, 0.6) is 0 Å². The normalized spacial score (nSPS) is 33.2. The highest BCUT2D eigenvalue weighted by Crippen LogP contribution is 2.45. The van der Waals surface area contributed by atoms with Gasteiger partial charge in [-0.1, -0.05) is 0 Å². The van der Waals surface area contributed by atoms with Crippen molar-refractivity contribution in [3.63, 3.8) is 0 Å². The van der Waals surface area contributed by atoms with Crippen LogP contribution < -0.4 is 5.32 Å². The fourth-order valence-corrected chi connectivity index (χ4v) is 4.03. The summed E-state index contributed by atoms with van der Waals surface area (Å²) in [4.78, 5) is 31.7. The van der Waals surface area contributed by atoms with Crippen LogP contribution >= 0.6 is 11.3 Å². The van der Waals surface area contributed by atoms with E-state index in [-0.39, 0.29) is 17.9 Å². The first kappa shape index (κ1) is 13.2. The standard InChI is InChI=1S/C15H19N3O2S/c1-15(10-4-5-10)14(20)18(8-11-16-6-7-21-11)12(9-2-3-9)13(19)17-15/h6-7,9-10,12H,2-5,8H2,1H3,(H,17,19). The molecule has 112 valence electrons. The number of piperazine rings is 1. The molecule has 1 aromatic rings. The maximum absolute atomic E-state index is 13.0. The third-order valence-corrected chi connectivity index (χ3v) is 5.71. The van der Waals surface area contributed by atoms with Crippen molar-refractivity contribution in [3.8, 4) is 0 Å². The minimum atomic E-state index is -0.709. The van der Waals surface area contributed by atoms with Crippen molar-refractivity contribution in [2.45, 2.75) is 50.7 Å². The summed E-state index contributed by atoms with van der Waals surface area (Å²) in [7, 11) is 0. The molecule has 2 amide bonds. The minimum Gasteiger partial charge on any atom is -0.340 e. The van der Waals surface area contributed by atoms with E-state index in [1.165, 1.54) is 0 Å². The Balaban J connectivity index is 1.66. The van der Waals surface area contributed by atoms with Crippen molar-refractivity contribution >= 4 is 23.2 Å². The quantitative estimate of drug-likeness (QED) is 0.918. The molecule has 2 aliphatic carbocycles. The van der Waals surface area contributed by atoms with Gasteiger partial charge in [0.05, 0.1) is 6.54 Å². The van der Waals surface area contributed by atoms with Crippen molar-refractivity contribution in [1.29, 1.82) is 0 Å². The maximum Gasteiger partial charge on any atom is 0.249 e. The van der Waals surface area contributed by atoms with Crippen molar-refractivity contribution in [2.75, 3.05) is 0 Å². The second-order valence-electron chi connectivity index (χ2n) is 6.61. The lowest BCUT2D eigenvalue weighted by molar-refractivity contribution is -0.157. The molecule has 1 aliphatic heterocycles. The molecule has 0 bridgehead atoms. The summed E-state index contributed by atoms with van der Waals surface area (Å²) in [5.74, 6) is 0.741. The summed E-state index contributed by atoms with van der Waals surface area (Å²) in [6, 6.07) is -0.298. The summed E-state index contributed by atoms with van der Waals surface area (Å²) in [6.07, 6.45) is 5.89. The van der Waals surface area contributed by atoms with Crippen molar-refractivity contribution in [1.82, 2.24) is 15.2 Å². The van der Waals surface area contributed by atoms with Crippen molar-refractivity contribution < 1.29 is 9.59 Å². The van der Waals surface area contributed by atoms with E-state index in [0.29, 0.717) is 18.4 Å². The van der Waals surface area contributed by atoms with Gasteiger partial charge in [-0.2, -0.15) is 0 Å². The fourth-order valence-electron chi connectivity index (χ4n) is 3.41. The molecular formula is C15H19N3O2S. The Bertz CT molecular complexity index is 580. The summed E-state index contributed by atoms with van der Waals surface area (Å²) in [5, 5.41) is 5.86. The molecule has 2 unspecified atom stereocenters. The van der Waals surface area contributed by atoms with Crippen LogP contribution in [0.15, 0.2) is 11.6 Å². The minimum absolute atomic E-state index is 0.0306. The number of rotatable bonds is 4. The molecule has 3 fully saturated rings. The van der Waals surface area contributed by atoms with E-state index in [0.717, 1.165) is 30.7 Å². The van der Waals surface area contributed by atoms with Crippen LogP contribution in [0.2, 0.25) is 0 Å². The highest BCUT2D eigenvalue weighted by Gasteiger charge is 2.57. The van der Waals surface area contributed by atoms with E-state index in [2.05, 4.69) is 10.3 Å². The van der Waals surface area contributed by atoms with E-state index >= 15 is 0 Å². The topological polar surface area (TPSA) is 62.3 Å². The molecule has 0 spiro atoms. The van der Waals surface area contributed by atoms with Gasteiger partial charge in [0, 0.05) is 11.6 Å². The average molecular weight is 305 g/mol. The SMILES string of the molecule is CC1(C2CC2)NC(=O)C(C2CC2)N(Cc2nccs2)C1=O. The Labute approximate surface area is 127 Å². The number of amides is 2. The number of thiazole rings is 1. The van der Waals surface area contributed by atoms with Gasteiger partial charge in [0.25, 0.3) is 0 Å². The summed E-state index contributed by atoms with van der Waals surface area (Å²) in [5.41, 5.74) is -0.709. The van der Waals surface area contributed by atoms with E-state index in [9.17, 15) is 9.59 Å². The van der Waals surface area contributed by atoms with Crippen LogP contribution in [0.25, 0.3) is 0 Å². The van der Waals surface area contributed by atoms with Crippen molar-refractivity contribution in [2.24, 2.45) is 11.8 Å². The molecule has 3 aliphatic rings. The Morgan fingerprint density at radius 2 is 2.14 bits per heavy atom. The first-order valence-electron chi connectivity index (χ1n) is 7.61. The lowest BCUT2D eigenvalue weighted by Crippen LogP contribution is -2.70. The molecule has 21 heavy (non-hydrogen) atoms. The Morgan fingerprint density at radius 1 is 1.38 bits per heavy atom. The Morgan fingerprint density at radius 3 is 2.71 bits per heavy atom. The van der Waals surface area contributed by atoms with E-state index in [1.807, 2.05) is 12.3 Å². The second kappa shape index (κ2) is 4.53. The number of hydrogen-bond donors (Lipinski definition) is 1. The zero-order valence-corrected chi connectivity index (χ0v) is 12.9. The lowest BCUT2D eigenvalue weighted by Gasteiger charge is -2.44. The third-order valence-electron chi connectivity index (χ3n) is 4.94. The van der Waals surface area contributed by atoms with Gasteiger partial charge in [-0.05, 0) is 44.4 Å². The third kappa shape index (κ3) is 2.16. The smallest absolute Gasteiger partial charge is 0.249 e. The lowest BCUT2D eigenvalue weighted by atomic mass is 9.88. The van der Waals surface area contributed by atoms with E-state index in [1.54, 1.807) is 22.4 Å². The van der Waals surface area contributed by atoms with Crippen molar-refractivity contribution in [3.05, 3.63) is 16.6 Å². The average Bonchev–Trinajstić information content (AvgIpc) is 3.35. The zero-order valence-electron chi connectivity index (χ0n) is 12.0. The van der Waals surface area contributed by atoms with Gasteiger partial charge < -0.3 is 10.2 Å². The summed E-state index contributed by atoms with van der Waals surface area (Å²) >= 11 is 1.54. The molecule has 6 heteroatoms. The first-order valence-corrected chi connectivity index (χ1v) is 8.49. The van der Waals surface area contributed by atoms with Gasteiger partial charge in [-0.3, -0.25) is 9.59 Å². The highest BCUT2D eigenvalue weighted by atomic mass is 32.1. The monoisotopic (exact) mass is 305 g/mol. The molecule has 1 N–H and O–H groups in total. The molecule has 2 atom stereocenters. The van der Waals surface area contributed by atoms with Crippen LogP contribution in [-0.4, -0.2) is 33.3 Å². The molecule has 2 saturated carbocycles. The molecule has 4 rings (SSSR count). The van der Waals surface area contributed by atoms with Crippen LogP contribution in [-0.2, 0) is 16.1 Å². The Kier molecular flexibility index (Phi) is 2.86. The zero-order chi connectivity index (χ0) is 14.6. The van der Waals surface area contributed by atoms with Gasteiger partial charge in [-0.25, -0.2) is 4.98 Å². The number of carbonyl (C=O) groups is 2. The van der Waals surface area contributed by atoms with Crippen LogP contribution in [0, 0.1) is 11.8 Å². The predicted molar refractivity (Wildman–Crippen MR) is 78.4 cm³/mol. The predicted octanol–water partition coefficient (Wildman–Crippen LogP) is 1.55. The largest absolute Gasteiger partial charge is 0.340 e. The molecule has 0 radical (unpaired) electrons. The number of carbonyl (C=O) groups excluding carboxylic acids is 2. The van der Waals surface area contributed by atoms with E-state index < -0.39 is 5.54 Å². The molecule has 1 aromatic heterocycles. The number of nitrogens with one attached hydrogen (secondary N) is 1. The van der Waals surface area contributed by atoms with Gasteiger partial charge in [0.2, 0.25) is 11.8 Å².